The fraction of sp³-hybridized carbons (Fsp3) is 1.00. The van der Waals surface area contributed by atoms with Crippen molar-refractivity contribution in [1.29, 1.82) is 0 Å². The Bertz CT molecular complexity index is 182. The lowest BCUT2D eigenvalue weighted by Gasteiger charge is -2.29. The summed E-state index contributed by atoms with van der Waals surface area (Å²) in [5.74, 6) is 1.58. The van der Waals surface area contributed by atoms with E-state index < -0.39 is 0 Å². The SMILES string of the molecule is CC(C)CNCCCCCCCC(C)(C)C(C)C. The summed E-state index contributed by atoms with van der Waals surface area (Å²) in [6, 6.07) is 0. The van der Waals surface area contributed by atoms with Crippen molar-refractivity contribution in [2.24, 2.45) is 17.3 Å². The summed E-state index contributed by atoms with van der Waals surface area (Å²) < 4.78 is 0. The lowest BCUT2D eigenvalue weighted by Crippen LogP contribution is -2.20. The molecular weight excluding hydrogens is 218 g/mol. The second-order valence-electron chi connectivity index (χ2n) is 7.26. The van der Waals surface area contributed by atoms with Crippen LogP contribution in [0.15, 0.2) is 0 Å². The highest BCUT2D eigenvalue weighted by Crippen LogP contribution is 2.32. The van der Waals surface area contributed by atoms with Crippen LogP contribution < -0.4 is 5.32 Å². The third kappa shape index (κ3) is 9.94. The molecule has 18 heavy (non-hydrogen) atoms. The zero-order chi connectivity index (χ0) is 14.0. The summed E-state index contributed by atoms with van der Waals surface area (Å²) in [5, 5.41) is 3.51. The molecular formula is C17H37N. The first kappa shape index (κ1) is 18.0. The van der Waals surface area contributed by atoms with Crippen LogP contribution in [0.3, 0.4) is 0 Å². The van der Waals surface area contributed by atoms with Crippen molar-refractivity contribution in [1.82, 2.24) is 5.32 Å². The van der Waals surface area contributed by atoms with Gasteiger partial charge in [0, 0.05) is 0 Å². The number of rotatable bonds is 11. The molecule has 1 N–H and O–H groups in total. The molecule has 0 aliphatic carbocycles. The van der Waals surface area contributed by atoms with E-state index in [0.717, 1.165) is 11.8 Å². The van der Waals surface area contributed by atoms with Gasteiger partial charge < -0.3 is 5.32 Å². The molecule has 110 valence electrons. The zero-order valence-corrected chi connectivity index (χ0v) is 13.8. The Morgan fingerprint density at radius 3 is 1.94 bits per heavy atom. The first-order valence-corrected chi connectivity index (χ1v) is 8.07. The van der Waals surface area contributed by atoms with Gasteiger partial charge in [-0.15, -0.1) is 0 Å². The van der Waals surface area contributed by atoms with E-state index in [1.54, 1.807) is 0 Å². The highest BCUT2D eigenvalue weighted by atomic mass is 14.8. The van der Waals surface area contributed by atoms with Crippen LogP contribution >= 0.6 is 0 Å². The van der Waals surface area contributed by atoms with E-state index in [1.165, 1.54) is 51.6 Å². The number of hydrogen-bond acceptors (Lipinski definition) is 1. The molecule has 0 heterocycles. The van der Waals surface area contributed by atoms with Crippen LogP contribution in [0.2, 0.25) is 0 Å². The standard InChI is InChI=1S/C17H37N/c1-15(2)14-18-13-11-9-7-8-10-12-17(5,6)16(3)4/h15-16,18H,7-14H2,1-6H3. The topological polar surface area (TPSA) is 12.0 Å². The summed E-state index contributed by atoms with van der Waals surface area (Å²) in [5.41, 5.74) is 0.527. The monoisotopic (exact) mass is 255 g/mol. The molecule has 0 bridgehead atoms. The van der Waals surface area contributed by atoms with Crippen molar-refractivity contribution < 1.29 is 0 Å². The van der Waals surface area contributed by atoms with Crippen LogP contribution in [0.25, 0.3) is 0 Å². The maximum absolute atomic E-state index is 3.51. The van der Waals surface area contributed by atoms with E-state index >= 15 is 0 Å². The Balaban J connectivity index is 3.26. The molecule has 0 spiro atoms. The molecule has 0 amide bonds. The first-order chi connectivity index (χ1) is 8.36. The molecule has 0 saturated carbocycles. The van der Waals surface area contributed by atoms with Crippen LogP contribution in [0.4, 0.5) is 0 Å². The highest BCUT2D eigenvalue weighted by Gasteiger charge is 2.20. The smallest absolute Gasteiger partial charge is 0.00258 e. The van der Waals surface area contributed by atoms with Gasteiger partial charge in [0.1, 0.15) is 0 Å². The third-order valence-corrected chi connectivity index (χ3v) is 4.29. The first-order valence-electron chi connectivity index (χ1n) is 8.07. The van der Waals surface area contributed by atoms with Crippen molar-refractivity contribution in [3.8, 4) is 0 Å². The van der Waals surface area contributed by atoms with Crippen LogP contribution in [0.1, 0.15) is 80.1 Å². The lowest BCUT2D eigenvalue weighted by atomic mass is 9.77. The molecule has 1 nitrogen and oxygen atoms in total. The Kier molecular flexibility index (Phi) is 9.81. The van der Waals surface area contributed by atoms with Gasteiger partial charge in [-0.2, -0.15) is 0 Å². The Morgan fingerprint density at radius 1 is 0.833 bits per heavy atom. The molecule has 0 atom stereocenters. The molecule has 0 aromatic carbocycles. The average Bonchev–Trinajstić information content (AvgIpc) is 2.26. The van der Waals surface area contributed by atoms with Crippen molar-refractivity contribution >= 4 is 0 Å². The van der Waals surface area contributed by atoms with E-state index in [2.05, 4.69) is 46.9 Å². The summed E-state index contributed by atoms with van der Waals surface area (Å²) in [6.45, 7) is 16.4. The normalized spacial score (nSPS) is 12.7. The second-order valence-corrected chi connectivity index (χ2v) is 7.26. The minimum atomic E-state index is 0.527. The van der Waals surface area contributed by atoms with Crippen LogP contribution in [-0.4, -0.2) is 13.1 Å². The van der Waals surface area contributed by atoms with Crippen LogP contribution in [0.5, 0.6) is 0 Å². The molecule has 0 radical (unpaired) electrons. The predicted molar refractivity (Wildman–Crippen MR) is 84.0 cm³/mol. The molecule has 0 aromatic rings. The van der Waals surface area contributed by atoms with Crippen molar-refractivity contribution in [3.05, 3.63) is 0 Å². The van der Waals surface area contributed by atoms with E-state index in [1.807, 2.05) is 0 Å². The molecule has 0 aromatic heterocycles. The lowest BCUT2D eigenvalue weighted by molar-refractivity contribution is 0.221. The van der Waals surface area contributed by atoms with Crippen molar-refractivity contribution in [2.45, 2.75) is 80.1 Å². The molecule has 0 unspecified atom stereocenters. The van der Waals surface area contributed by atoms with Crippen LogP contribution in [-0.2, 0) is 0 Å². The molecule has 1 heteroatoms. The maximum Gasteiger partial charge on any atom is -0.00258 e. The van der Waals surface area contributed by atoms with Gasteiger partial charge in [0.15, 0.2) is 0 Å². The predicted octanol–water partition coefficient (Wildman–Crippen LogP) is 5.25. The summed E-state index contributed by atoms with van der Waals surface area (Å²) in [7, 11) is 0. The van der Waals surface area contributed by atoms with Gasteiger partial charge in [-0.3, -0.25) is 0 Å². The Morgan fingerprint density at radius 2 is 1.39 bits per heavy atom. The summed E-state index contributed by atoms with van der Waals surface area (Å²) in [4.78, 5) is 0. The van der Waals surface area contributed by atoms with Gasteiger partial charge >= 0.3 is 0 Å². The van der Waals surface area contributed by atoms with Crippen molar-refractivity contribution in [3.63, 3.8) is 0 Å². The van der Waals surface area contributed by atoms with Crippen LogP contribution in [0, 0.1) is 17.3 Å². The fourth-order valence-corrected chi connectivity index (χ4v) is 2.04. The zero-order valence-electron chi connectivity index (χ0n) is 13.8. The minimum absolute atomic E-state index is 0.527. The minimum Gasteiger partial charge on any atom is -0.316 e. The van der Waals surface area contributed by atoms with Gasteiger partial charge in [0.05, 0.1) is 0 Å². The van der Waals surface area contributed by atoms with E-state index in [4.69, 9.17) is 0 Å². The maximum atomic E-state index is 3.51. The summed E-state index contributed by atoms with van der Waals surface area (Å²) >= 11 is 0. The van der Waals surface area contributed by atoms with Gasteiger partial charge in [-0.1, -0.05) is 67.2 Å². The van der Waals surface area contributed by atoms with Gasteiger partial charge in [-0.05, 0) is 43.2 Å². The average molecular weight is 255 g/mol. The quantitative estimate of drug-likeness (QED) is 0.497. The second kappa shape index (κ2) is 9.83. The van der Waals surface area contributed by atoms with Gasteiger partial charge in [0.2, 0.25) is 0 Å². The fourth-order valence-electron chi connectivity index (χ4n) is 2.04. The Hall–Kier alpha value is -0.0400. The molecule has 0 fully saturated rings. The molecule has 0 aliphatic rings. The largest absolute Gasteiger partial charge is 0.316 e. The highest BCUT2D eigenvalue weighted by molar-refractivity contribution is 4.71. The van der Waals surface area contributed by atoms with E-state index in [9.17, 15) is 0 Å². The molecule has 0 saturated heterocycles. The summed E-state index contributed by atoms with van der Waals surface area (Å²) in [6.07, 6.45) is 8.37. The van der Waals surface area contributed by atoms with Gasteiger partial charge in [0.25, 0.3) is 0 Å². The number of nitrogens with one attached hydrogen (secondary N) is 1. The number of unbranched alkanes of at least 4 members (excludes halogenated alkanes) is 4. The van der Waals surface area contributed by atoms with Gasteiger partial charge in [-0.25, -0.2) is 0 Å². The third-order valence-electron chi connectivity index (χ3n) is 4.29. The Labute approximate surface area is 116 Å². The van der Waals surface area contributed by atoms with Crippen molar-refractivity contribution in [2.75, 3.05) is 13.1 Å². The molecule has 0 rings (SSSR count). The van der Waals surface area contributed by atoms with E-state index in [-0.39, 0.29) is 0 Å². The molecule has 0 aliphatic heterocycles. The number of hydrogen-bond donors (Lipinski definition) is 1. The van der Waals surface area contributed by atoms with E-state index in [0.29, 0.717) is 5.41 Å².